The maximum Gasteiger partial charge on any atom is 0.0701 e. The Morgan fingerprint density at radius 1 is 1.33 bits per heavy atom. The summed E-state index contributed by atoms with van der Waals surface area (Å²) >= 11 is 2.06. The normalized spacial score (nSPS) is 28.2. The maximum absolute atomic E-state index is 6.81. The number of ether oxygens (including phenoxy) is 1. The quantitative estimate of drug-likeness (QED) is 0.901. The third-order valence-electron chi connectivity index (χ3n) is 5.39. The van der Waals surface area contributed by atoms with Crippen LogP contribution in [-0.4, -0.2) is 23.7 Å². The molecule has 2 fully saturated rings. The Kier molecular flexibility index (Phi) is 4.35. The SMILES string of the molecule is Cc1cccc(C(C)(N)C2CCOC3(CCSCC3)C2)c1. The molecular weight excluding hydrogens is 278 g/mol. The molecule has 21 heavy (non-hydrogen) atoms. The van der Waals surface area contributed by atoms with Crippen LogP contribution < -0.4 is 5.73 Å². The Morgan fingerprint density at radius 2 is 2.10 bits per heavy atom. The molecule has 0 amide bonds. The first kappa shape index (κ1) is 15.4. The summed E-state index contributed by atoms with van der Waals surface area (Å²) in [5.41, 5.74) is 9.23. The van der Waals surface area contributed by atoms with Gasteiger partial charge in [-0.25, -0.2) is 0 Å². The van der Waals surface area contributed by atoms with Gasteiger partial charge < -0.3 is 10.5 Å². The Bertz CT molecular complexity index is 488. The molecule has 2 aliphatic rings. The minimum absolute atomic E-state index is 0.110. The van der Waals surface area contributed by atoms with Crippen molar-refractivity contribution in [2.24, 2.45) is 11.7 Å². The zero-order chi connectivity index (χ0) is 14.9. The maximum atomic E-state index is 6.81. The molecule has 3 heteroatoms. The van der Waals surface area contributed by atoms with E-state index in [0.29, 0.717) is 5.92 Å². The average molecular weight is 305 g/mol. The van der Waals surface area contributed by atoms with E-state index >= 15 is 0 Å². The van der Waals surface area contributed by atoms with Gasteiger partial charge in [0.1, 0.15) is 0 Å². The molecule has 1 aromatic carbocycles. The highest BCUT2D eigenvalue weighted by Crippen LogP contribution is 2.44. The number of benzene rings is 1. The molecule has 0 saturated carbocycles. The van der Waals surface area contributed by atoms with Crippen LogP contribution in [0.2, 0.25) is 0 Å². The molecule has 2 nitrogen and oxygen atoms in total. The summed E-state index contributed by atoms with van der Waals surface area (Å²) in [4.78, 5) is 0. The number of hydrogen-bond acceptors (Lipinski definition) is 3. The summed E-state index contributed by atoms with van der Waals surface area (Å²) in [6, 6.07) is 8.70. The van der Waals surface area contributed by atoms with Crippen molar-refractivity contribution in [1.29, 1.82) is 0 Å². The van der Waals surface area contributed by atoms with Crippen LogP contribution in [0.3, 0.4) is 0 Å². The predicted molar refractivity (Wildman–Crippen MR) is 90.7 cm³/mol. The second-order valence-corrected chi connectivity index (χ2v) is 8.21. The van der Waals surface area contributed by atoms with Crippen molar-refractivity contribution in [3.05, 3.63) is 35.4 Å². The smallest absolute Gasteiger partial charge is 0.0701 e. The van der Waals surface area contributed by atoms with Crippen molar-refractivity contribution in [3.63, 3.8) is 0 Å². The van der Waals surface area contributed by atoms with Crippen LogP contribution in [0.5, 0.6) is 0 Å². The highest BCUT2D eigenvalue weighted by molar-refractivity contribution is 7.99. The molecule has 2 N–H and O–H groups in total. The van der Waals surface area contributed by atoms with E-state index in [9.17, 15) is 0 Å². The number of nitrogens with two attached hydrogens (primary N) is 1. The molecule has 2 atom stereocenters. The molecule has 1 aromatic rings. The van der Waals surface area contributed by atoms with Crippen molar-refractivity contribution in [1.82, 2.24) is 0 Å². The molecule has 0 bridgehead atoms. The second-order valence-electron chi connectivity index (χ2n) is 6.99. The molecule has 2 heterocycles. The van der Waals surface area contributed by atoms with E-state index in [1.54, 1.807) is 0 Å². The van der Waals surface area contributed by atoms with Gasteiger partial charge in [-0.1, -0.05) is 29.8 Å². The highest BCUT2D eigenvalue weighted by Gasteiger charge is 2.44. The Labute approximate surface area is 132 Å². The molecule has 2 saturated heterocycles. The highest BCUT2D eigenvalue weighted by atomic mass is 32.2. The van der Waals surface area contributed by atoms with E-state index in [0.717, 1.165) is 19.4 Å². The minimum atomic E-state index is -0.257. The van der Waals surface area contributed by atoms with Crippen molar-refractivity contribution < 1.29 is 4.74 Å². The van der Waals surface area contributed by atoms with E-state index in [1.165, 1.54) is 35.5 Å². The topological polar surface area (TPSA) is 35.2 Å². The number of thioether (sulfide) groups is 1. The van der Waals surface area contributed by atoms with E-state index in [1.807, 2.05) is 0 Å². The van der Waals surface area contributed by atoms with Crippen molar-refractivity contribution in [3.8, 4) is 0 Å². The summed E-state index contributed by atoms with van der Waals surface area (Å²) < 4.78 is 6.22. The fourth-order valence-corrected chi connectivity index (χ4v) is 5.08. The molecule has 2 aliphatic heterocycles. The average Bonchev–Trinajstić information content (AvgIpc) is 2.48. The molecule has 0 aliphatic carbocycles. The first-order chi connectivity index (χ1) is 10.0. The van der Waals surface area contributed by atoms with Crippen LogP contribution in [0.1, 0.15) is 43.7 Å². The van der Waals surface area contributed by atoms with Crippen molar-refractivity contribution >= 4 is 11.8 Å². The van der Waals surface area contributed by atoms with Crippen LogP contribution >= 0.6 is 11.8 Å². The third-order valence-corrected chi connectivity index (χ3v) is 6.37. The molecular formula is C18H27NOS. The molecule has 116 valence electrons. The van der Waals surface area contributed by atoms with E-state index in [-0.39, 0.29) is 11.1 Å². The van der Waals surface area contributed by atoms with Gasteiger partial charge in [0.2, 0.25) is 0 Å². The monoisotopic (exact) mass is 305 g/mol. The van der Waals surface area contributed by atoms with Crippen molar-refractivity contribution in [2.45, 2.75) is 50.7 Å². The van der Waals surface area contributed by atoms with Crippen LogP contribution in [0.15, 0.2) is 24.3 Å². The van der Waals surface area contributed by atoms with E-state index in [4.69, 9.17) is 10.5 Å². The fraction of sp³-hybridized carbons (Fsp3) is 0.667. The van der Waals surface area contributed by atoms with Crippen LogP contribution in [-0.2, 0) is 10.3 Å². The predicted octanol–water partition coefficient (Wildman–Crippen LogP) is 3.86. The summed E-state index contributed by atoms with van der Waals surface area (Å²) in [5.74, 6) is 2.98. The van der Waals surface area contributed by atoms with Crippen LogP contribution in [0, 0.1) is 12.8 Å². The lowest BCUT2D eigenvalue weighted by molar-refractivity contribution is -0.113. The Hall–Kier alpha value is -0.510. The first-order valence-electron chi connectivity index (χ1n) is 8.10. The molecule has 0 aromatic heterocycles. The zero-order valence-corrected chi connectivity index (χ0v) is 14.0. The number of rotatable bonds is 2. The number of aryl methyl sites for hydroxylation is 1. The fourth-order valence-electron chi connectivity index (χ4n) is 3.85. The van der Waals surface area contributed by atoms with Crippen LogP contribution in [0.25, 0.3) is 0 Å². The van der Waals surface area contributed by atoms with Gasteiger partial charge in [-0.15, -0.1) is 0 Å². The molecule has 2 unspecified atom stereocenters. The first-order valence-corrected chi connectivity index (χ1v) is 9.25. The molecule has 0 radical (unpaired) electrons. The lowest BCUT2D eigenvalue weighted by atomic mass is 9.70. The van der Waals surface area contributed by atoms with E-state index < -0.39 is 0 Å². The van der Waals surface area contributed by atoms with Gasteiger partial charge in [0.15, 0.2) is 0 Å². The van der Waals surface area contributed by atoms with E-state index in [2.05, 4.69) is 49.9 Å². The third kappa shape index (κ3) is 3.15. The zero-order valence-electron chi connectivity index (χ0n) is 13.2. The lowest BCUT2D eigenvalue weighted by Crippen LogP contribution is -2.51. The lowest BCUT2D eigenvalue weighted by Gasteiger charge is -2.48. The van der Waals surface area contributed by atoms with Gasteiger partial charge in [-0.05, 0) is 62.5 Å². The van der Waals surface area contributed by atoms with Gasteiger partial charge in [0.25, 0.3) is 0 Å². The summed E-state index contributed by atoms with van der Waals surface area (Å²) in [5, 5.41) is 0. The summed E-state index contributed by atoms with van der Waals surface area (Å²) in [6.45, 7) is 5.22. The minimum Gasteiger partial charge on any atom is -0.375 e. The standard InChI is InChI=1S/C18H27NOS/c1-14-4-3-5-15(12-14)17(2,19)16-6-9-20-18(13-16)7-10-21-11-8-18/h3-5,12,16H,6-11,13,19H2,1-2H3. The Balaban J connectivity index is 1.81. The second kappa shape index (κ2) is 5.94. The van der Waals surface area contributed by atoms with Crippen molar-refractivity contribution in [2.75, 3.05) is 18.1 Å². The van der Waals surface area contributed by atoms with Gasteiger partial charge in [-0.2, -0.15) is 11.8 Å². The number of hydrogen-bond donors (Lipinski definition) is 1. The van der Waals surface area contributed by atoms with Gasteiger partial charge in [-0.3, -0.25) is 0 Å². The van der Waals surface area contributed by atoms with Crippen LogP contribution in [0.4, 0.5) is 0 Å². The molecule has 3 rings (SSSR count). The van der Waals surface area contributed by atoms with Gasteiger partial charge in [0, 0.05) is 12.1 Å². The summed E-state index contributed by atoms with van der Waals surface area (Å²) in [6.07, 6.45) is 4.58. The summed E-state index contributed by atoms with van der Waals surface area (Å²) in [7, 11) is 0. The largest absolute Gasteiger partial charge is 0.375 e. The Morgan fingerprint density at radius 3 is 2.81 bits per heavy atom. The van der Waals surface area contributed by atoms with Gasteiger partial charge in [0.05, 0.1) is 5.60 Å². The van der Waals surface area contributed by atoms with Gasteiger partial charge >= 0.3 is 0 Å². The molecule has 1 spiro atoms.